The van der Waals surface area contributed by atoms with E-state index in [0.717, 1.165) is 28.3 Å². The Hall–Kier alpha value is -0.845. The second-order valence-corrected chi connectivity index (χ2v) is 6.71. The van der Waals surface area contributed by atoms with E-state index < -0.39 is 6.10 Å². The van der Waals surface area contributed by atoms with Crippen molar-refractivity contribution in [1.29, 1.82) is 0 Å². The summed E-state index contributed by atoms with van der Waals surface area (Å²) >= 11 is 3.47. The molecule has 2 rings (SSSR count). The number of hydrogen-bond donors (Lipinski definition) is 2. The zero-order chi connectivity index (χ0) is 16.1. The number of hydrogen-bond acceptors (Lipinski definition) is 3. The molecule has 0 bridgehead atoms. The van der Waals surface area contributed by atoms with Gasteiger partial charge in [-0.15, -0.1) is 0 Å². The van der Waals surface area contributed by atoms with Crippen LogP contribution >= 0.6 is 15.9 Å². The van der Waals surface area contributed by atoms with E-state index in [-0.39, 0.29) is 5.91 Å². The van der Waals surface area contributed by atoms with Crippen molar-refractivity contribution in [2.24, 2.45) is 0 Å². The van der Waals surface area contributed by atoms with Gasteiger partial charge in [-0.1, -0.05) is 40.3 Å². The minimum Gasteiger partial charge on any atom is -0.383 e. The molecule has 0 spiro atoms. The summed E-state index contributed by atoms with van der Waals surface area (Å²) in [6.07, 6.45) is 1.28. The topological polar surface area (TPSA) is 52.6 Å². The minimum atomic E-state index is -0.967. The number of amides is 1. The first-order valence-electron chi connectivity index (χ1n) is 7.76. The first-order chi connectivity index (χ1) is 10.5. The quantitative estimate of drug-likeness (QED) is 0.763. The van der Waals surface area contributed by atoms with E-state index in [1.165, 1.54) is 0 Å². The van der Waals surface area contributed by atoms with Gasteiger partial charge in [0, 0.05) is 30.0 Å². The van der Waals surface area contributed by atoms with E-state index in [4.69, 9.17) is 0 Å². The molecular formula is C16H23BBrN2O2. The molecule has 1 aliphatic heterocycles. The predicted molar refractivity (Wildman–Crippen MR) is 93.8 cm³/mol. The SMILES string of the molecule is C[B]c1cc(Br)cc(C[C@@H](O)C(=O)N2CCC(NC)CC2)c1. The molecule has 0 unspecified atom stereocenters. The number of aliphatic hydroxyl groups is 1. The molecule has 2 N–H and O–H groups in total. The third-order valence-electron chi connectivity index (χ3n) is 4.24. The fourth-order valence-electron chi connectivity index (χ4n) is 2.87. The lowest BCUT2D eigenvalue weighted by atomic mass is 9.73. The van der Waals surface area contributed by atoms with E-state index in [2.05, 4.69) is 21.2 Å². The van der Waals surface area contributed by atoms with E-state index in [9.17, 15) is 9.90 Å². The average Bonchev–Trinajstić information content (AvgIpc) is 2.53. The van der Waals surface area contributed by atoms with Crippen molar-refractivity contribution >= 4 is 34.6 Å². The molecule has 1 heterocycles. The van der Waals surface area contributed by atoms with Crippen molar-refractivity contribution in [3.05, 3.63) is 28.2 Å². The highest BCUT2D eigenvalue weighted by atomic mass is 79.9. The highest BCUT2D eigenvalue weighted by Crippen LogP contribution is 2.15. The fourth-order valence-corrected chi connectivity index (χ4v) is 3.43. The Morgan fingerprint density at radius 1 is 1.45 bits per heavy atom. The number of aliphatic hydroxyl groups excluding tert-OH is 1. The molecule has 1 saturated heterocycles. The molecule has 0 saturated carbocycles. The molecular weight excluding hydrogens is 343 g/mol. The molecule has 1 aromatic rings. The summed E-state index contributed by atoms with van der Waals surface area (Å²) in [7, 11) is 3.96. The lowest BCUT2D eigenvalue weighted by molar-refractivity contribution is -0.141. The lowest BCUT2D eigenvalue weighted by Crippen LogP contribution is -2.47. The van der Waals surface area contributed by atoms with E-state index >= 15 is 0 Å². The summed E-state index contributed by atoms with van der Waals surface area (Å²) in [6.45, 7) is 3.40. The zero-order valence-electron chi connectivity index (χ0n) is 13.2. The molecule has 1 aromatic carbocycles. The van der Waals surface area contributed by atoms with E-state index in [0.29, 0.717) is 25.6 Å². The van der Waals surface area contributed by atoms with Crippen LogP contribution in [-0.2, 0) is 11.2 Å². The Morgan fingerprint density at radius 3 is 2.73 bits per heavy atom. The van der Waals surface area contributed by atoms with Gasteiger partial charge in [0.2, 0.25) is 0 Å². The van der Waals surface area contributed by atoms with Gasteiger partial charge >= 0.3 is 0 Å². The second-order valence-electron chi connectivity index (χ2n) is 5.79. The van der Waals surface area contributed by atoms with Gasteiger partial charge < -0.3 is 15.3 Å². The number of rotatable bonds is 5. The first kappa shape index (κ1) is 17.5. The van der Waals surface area contributed by atoms with Gasteiger partial charge in [-0.05, 0) is 31.5 Å². The maximum absolute atomic E-state index is 12.4. The van der Waals surface area contributed by atoms with Crippen LogP contribution in [0.4, 0.5) is 0 Å². The summed E-state index contributed by atoms with van der Waals surface area (Å²) in [5, 5.41) is 13.5. The number of halogens is 1. The van der Waals surface area contributed by atoms with E-state index in [1.807, 2.05) is 39.3 Å². The average molecular weight is 366 g/mol. The van der Waals surface area contributed by atoms with Crippen LogP contribution in [0.25, 0.3) is 0 Å². The second kappa shape index (κ2) is 8.13. The van der Waals surface area contributed by atoms with Crippen LogP contribution in [0.15, 0.2) is 22.7 Å². The minimum absolute atomic E-state index is 0.156. The van der Waals surface area contributed by atoms with Crippen LogP contribution in [0.2, 0.25) is 6.82 Å². The van der Waals surface area contributed by atoms with Crippen LogP contribution in [0.3, 0.4) is 0 Å². The van der Waals surface area contributed by atoms with Gasteiger partial charge in [0.05, 0.1) is 0 Å². The zero-order valence-corrected chi connectivity index (χ0v) is 14.8. The van der Waals surface area contributed by atoms with Gasteiger partial charge in [0.25, 0.3) is 5.91 Å². The summed E-state index contributed by atoms with van der Waals surface area (Å²) in [5.41, 5.74) is 2.05. The third kappa shape index (κ3) is 4.57. The fraction of sp³-hybridized carbons (Fsp3) is 0.562. The van der Waals surface area contributed by atoms with Crippen LogP contribution in [0, 0.1) is 0 Å². The number of piperidine rings is 1. The number of benzene rings is 1. The van der Waals surface area contributed by atoms with Crippen molar-refractivity contribution in [2.75, 3.05) is 20.1 Å². The Labute approximate surface area is 141 Å². The molecule has 4 nitrogen and oxygen atoms in total. The number of carbonyl (C=O) groups excluding carboxylic acids is 1. The number of nitrogens with one attached hydrogen (secondary N) is 1. The number of nitrogens with zero attached hydrogens (tertiary/aromatic N) is 1. The smallest absolute Gasteiger partial charge is 0.251 e. The summed E-state index contributed by atoms with van der Waals surface area (Å²) in [4.78, 5) is 14.2. The Kier molecular flexibility index (Phi) is 6.47. The lowest BCUT2D eigenvalue weighted by Gasteiger charge is -2.33. The van der Waals surface area contributed by atoms with Crippen molar-refractivity contribution in [3.63, 3.8) is 0 Å². The predicted octanol–water partition coefficient (Wildman–Crippen LogP) is 0.940. The van der Waals surface area contributed by atoms with Gasteiger partial charge in [0.1, 0.15) is 13.4 Å². The van der Waals surface area contributed by atoms with Gasteiger partial charge in [0.15, 0.2) is 0 Å². The van der Waals surface area contributed by atoms with Gasteiger partial charge in [-0.3, -0.25) is 4.79 Å². The van der Waals surface area contributed by atoms with Crippen molar-refractivity contribution in [1.82, 2.24) is 10.2 Å². The summed E-state index contributed by atoms with van der Waals surface area (Å²) in [5.74, 6) is -0.156. The first-order valence-corrected chi connectivity index (χ1v) is 8.55. The molecule has 1 fully saturated rings. The molecule has 22 heavy (non-hydrogen) atoms. The maximum Gasteiger partial charge on any atom is 0.251 e. The Balaban J connectivity index is 1.95. The largest absolute Gasteiger partial charge is 0.383 e. The van der Waals surface area contributed by atoms with Crippen LogP contribution < -0.4 is 10.8 Å². The summed E-state index contributed by atoms with van der Waals surface area (Å²) in [6, 6.07) is 6.46. The van der Waals surface area contributed by atoms with Crippen LogP contribution in [0.1, 0.15) is 18.4 Å². The highest BCUT2D eigenvalue weighted by Gasteiger charge is 2.26. The van der Waals surface area contributed by atoms with E-state index in [1.54, 1.807) is 4.90 Å². The Morgan fingerprint density at radius 2 is 2.14 bits per heavy atom. The molecule has 0 aromatic heterocycles. The van der Waals surface area contributed by atoms with Crippen molar-refractivity contribution in [2.45, 2.75) is 38.2 Å². The standard InChI is InChI=1S/C16H23BBrN2O2/c1-17-12-7-11(8-13(18)10-12)9-15(21)16(22)20-5-3-14(19-2)4-6-20/h7-8,10,14-15,19,21H,3-6,9H2,1-2H3/t15-/m1/s1. The summed E-state index contributed by atoms with van der Waals surface area (Å²) < 4.78 is 0.965. The highest BCUT2D eigenvalue weighted by molar-refractivity contribution is 9.10. The van der Waals surface area contributed by atoms with Gasteiger partial charge in [-0.25, -0.2) is 0 Å². The molecule has 1 aliphatic rings. The third-order valence-corrected chi connectivity index (χ3v) is 4.70. The molecule has 1 amide bonds. The monoisotopic (exact) mass is 365 g/mol. The van der Waals surface area contributed by atoms with Crippen molar-refractivity contribution < 1.29 is 9.90 Å². The number of carbonyl (C=O) groups is 1. The normalized spacial score (nSPS) is 17.4. The molecule has 119 valence electrons. The molecule has 1 atom stereocenters. The van der Waals surface area contributed by atoms with Crippen LogP contribution in [0.5, 0.6) is 0 Å². The molecule has 1 radical (unpaired) electrons. The van der Waals surface area contributed by atoms with Crippen molar-refractivity contribution in [3.8, 4) is 0 Å². The molecule has 0 aliphatic carbocycles. The molecule has 6 heteroatoms. The number of likely N-dealkylation sites (tertiary alicyclic amines) is 1. The Bertz CT molecular complexity index is 519. The van der Waals surface area contributed by atoms with Gasteiger partial charge in [-0.2, -0.15) is 0 Å². The maximum atomic E-state index is 12.4. The van der Waals surface area contributed by atoms with Crippen LogP contribution in [-0.4, -0.2) is 55.5 Å².